The maximum Gasteiger partial charge on any atom is 0.250 e. The van der Waals surface area contributed by atoms with Gasteiger partial charge in [0.05, 0.1) is 11.5 Å². The van der Waals surface area contributed by atoms with Crippen LogP contribution in [0.1, 0.15) is 27.2 Å². The summed E-state index contributed by atoms with van der Waals surface area (Å²) in [5.41, 5.74) is -0.838. The molecule has 22 heavy (non-hydrogen) atoms. The first-order valence-corrected chi connectivity index (χ1v) is 12.4. The van der Waals surface area contributed by atoms with E-state index in [1.807, 2.05) is 0 Å². The summed E-state index contributed by atoms with van der Waals surface area (Å²) in [6.07, 6.45) is 1.62. The van der Waals surface area contributed by atoms with Crippen LogP contribution in [-0.2, 0) is 23.8 Å². The quantitative estimate of drug-likeness (QED) is 0.717. The molecular formula is C15H24O5SSi. The van der Waals surface area contributed by atoms with Crippen molar-refractivity contribution in [3.05, 3.63) is 11.8 Å². The van der Waals surface area contributed by atoms with Gasteiger partial charge in [-0.15, -0.1) is 0 Å². The van der Waals surface area contributed by atoms with Crippen LogP contribution in [0.3, 0.4) is 0 Å². The second-order valence-electron chi connectivity index (χ2n) is 8.28. The first kappa shape index (κ1) is 16.2. The summed E-state index contributed by atoms with van der Waals surface area (Å²) in [5, 5.41) is -0.0235. The van der Waals surface area contributed by atoms with Gasteiger partial charge in [-0.25, -0.2) is 8.42 Å². The summed E-state index contributed by atoms with van der Waals surface area (Å²) in [6, 6.07) is 0. The maximum atomic E-state index is 12.5. The van der Waals surface area contributed by atoms with Gasteiger partial charge in [0.2, 0.25) is 5.78 Å². The number of carbonyl (C=O) groups excluding carboxylic acids is 1. The van der Waals surface area contributed by atoms with Gasteiger partial charge in [-0.3, -0.25) is 4.79 Å². The van der Waals surface area contributed by atoms with Crippen molar-refractivity contribution in [3.8, 4) is 0 Å². The molecular weight excluding hydrogens is 320 g/mol. The maximum absolute atomic E-state index is 12.5. The molecule has 7 heteroatoms. The van der Waals surface area contributed by atoms with Gasteiger partial charge >= 0.3 is 0 Å². The Bertz CT molecular complexity index is 658. The third kappa shape index (κ3) is 2.37. The van der Waals surface area contributed by atoms with Crippen molar-refractivity contribution in [1.82, 2.24) is 0 Å². The zero-order valence-electron chi connectivity index (χ0n) is 13.8. The van der Waals surface area contributed by atoms with Crippen molar-refractivity contribution in [1.29, 1.82) is 0 Å². The molecule has 5 nitrogen and oxygen atoms in total. The second-order valence-corrected chi connectivity index (χ2v) is 15.1. The topological polar surface area (TPSA) is 69.7 Å². The van der Waals surface area contributed by atoms with E-state index in [4.69, 9.17) is 9.16 Å². The largest absolute Gasteiger partial charge is 0.541 e. The molecule has 3 aliphatic rings. The van der Waals surface area contributed by atoms with Gasteiger partial charge < -0.3 is 9.16 Å². The molecule has 0 unspecified atom stereocenters. The van der Waals surface area contributed by atoms with Crippen LogP contribution in [0.4, 0.5) is 0 Å². The van der Waals surface area contributed by atoms with Crippen molar-refractivity contribution in [2.45, 2.75) is 57.0 Å². The van der Waals surface area contributed by atoms with Crippen molar-refractivity contribution >= 4 is 23.9 Å². The number of hydrogen-bond donors (Lipinski definition) is 0. The van der Waals surface area contributed by atoms with Gasteiger partial charge in [0, 0.05) is 5.92 Å². The molecule has 2 saturated heterocycles. The molecule has 0 N–H and O–H groups in total. The average molecular weight is 345 g/mol. The highest BCUT2D eigenvalue weighted by Gasteiger charge is 2.61. The first-order chi connectivity index (χ1) is 9.85. The second kappa shape index (κ2) is 4.45. The van der Waals surface area contributed by atoms with Crippen molar-refractivity contribution in [3.63, 3.8) is 0 Å². The van der Waals surface area contributed by atoms with Gasteiger partial charge in [0.15, 0.2) is 9.84 Å². The lowest BCUT2D eigenvalue weighted by Gasteiger charge is -2.39. The van der Waals surface area contributed by atoms with Crippen LogP contribution in [0.15, 0.2) is 11.8 Å². The van der Waals surface area contributed by atoms with E-state index in [0.29, 0.717) is 12.2 Å². The third-order valence-electron chi connectivity index (χ3n) is 5.53. The van der Waals surface area contributed by atoms with Crippen molar-refractivity contribution < 1.29 is 22.4 Å². The third-order valence-corrected chi connectivity index (χ3v) is 11.7. The number of ether oxygens (including phenoxy) is 1. The first-order valence-electron chi connectivity index (χ1n) is 7.70. The zero-order valence-corrected chi connectivity index (χ0v) is 15.6. The van der Waals surface area contributed by atoms with Gasteiger partial charge in [0.1, 0.15) is 17.5 Å². The van der Waals surface area contributed by atoms with Crippen LogP contribution < -0.4 is 0 Å². The predicted molar refractivity (Wildman–Crippen MR) is 85.7 cm³/mol. The Morgan fingerprint density at radius 3 is 2.59 bits per heavy atom. The Kier molecular flexibility index (Phi) is 3.28. The Balaban J connectivity index is 1.96. The van der Waals surface area contributed by atoms with Crippen LogP contribution in [0.5, 0.6) is 0 Å². The minimum atomic E-state index is -3.10. The van der Waals surface area contributed by atoms with Crippen LogP contribution in [0.25, 0.3) is 0 Å². The Morgan fingerprint density at radius 1 is 1.36 bits per heavy atom. The Labute approximate surface area is 133 Å². The molecule has 3 atom stereocenters. The Hall–Kier alpha value is -0.663. The molecule has 3 rings (SSSR count). The van der Waals surface area contributed by atoms with E-state index in [0.717, 1.165) is 0 Å². The van der Waals surface area contributed by atoms with E-state index in [9.17, 15) is 13.2 Å². The minimum absolute atomic E-state index is 0.0235. The molecule has 3 heterocycles. The molecule has 0 saturated carbocycles. The van der Waals surface area contributed by atoms with Crippen LogP contribution in [0.2, 0.25) is 18.1 Å². The molecule has 3 aliphatic heterocycles. The fourth-order valence-corrected chi connectivity index (χ4v) is 6.49. The molecule has 0 aromatic rings. The number of ketones is 1. The molecule has 0 radical (unpaired) electrons. The smallest absolute Gasteiger partial charge is 0.250 e. The number of hydrogen-bond acceptors (Lipinski definition) is 5. The van der Waals surface area contributed by atoms with Gasteiger partial charge in [-0.1, -0.05) is 20.8 Å². The number of rotatable bonds is 2. The van der Waals surface area contributed by atoms with Crippen LogP contribution >= 0.6 is 0 Å². The fraction of sp³-hybridized carbons (Fsp3) is 0.800. The fourth-order valence-electron chi connectivity index (χ4n) is 3.25. The number of fused-ring (bicyclic) bond motifs is 1. The SMILES string of the molecule is CC(C)(C)[Si](C)(C)OC1=C[C@@]23CS(=O)(=O)C[C@@H]2C[C@H](O3)C1=O. The Morgan fingerprint density at radius 2 is 2.00 bits per heavy atom. The lowest BCUT2D eigenvalue weighted by Crippen LogP contribution is -2.46. The van der Waals surface area contributed by atoms with Gasteiger partial charge in [-0.05, 0) is 30.6 Å². The summed E-state index contributed by atoms with van der Waals surface area (Å²) in [4.78, 5) is 12.5. The predicted octanol–water partition coefficient (Wildman–Crippen LogP) is 2.05. The number of carbonyl (C=O) groups is 1. The molecule has 0 aliphatic carbocycles. The molecule has 124 valence electrons. The summed E-state index contributed by atoms with van der Waals surface area (Å²) in [6.45, 7) is 10.5. The highest BCUT2D eigenvalue weighted by atomic mass is 32.2. The van der Waals surface area contributed by atoms with Gasteiger partial charge in [-0.2, -0.15) is 0 Å². The number of Topliss-reactive ketones (excluding diaryl/α,β-unsaturated/α-hetero) is 1. The van der Waals surface area contributed by atoms with E-state index >= 15 is 0 Å². The molecule has 0 amide bonds. The lowest BCUT2D eigenvalue weighted by molar-refractivity contribution is -0.133. The van der Waals surface area contributed by atoms with E-state index in [1.54, 1.807) is 6.08 Å². The molecule has 2 bridgehead atoms. The van der Waals surface area contributed by atoms with Crippen molar-refractivity contribution in [2.24, 2.45) is 5.92 Å². The summed E-state index contributed by atoms with van der Waals surface area (Å²) < 4.78 is 35.9. The van der Waals surface area contributed by atoms with Gasteiger partial charge in [0.25, 0.3) is 8.32 Å². The number of sulfone groups is 1. The molecule has 0 aromatic carbocycles. The standard InChI is InChI=1S/C15H24O5SSi/c1-14(2,3)22(4,5)20-12-7-15-9-21(17,18)8-10(15)6-11(19-15)13(12)16/h7,10-11H,6,8-9H2,1-5H3/t10-,11-,15+/m0/s1. The highest BCUT2D eigenvalue weighted by molar-refractivity contribution is 7.91. The average Bonchev–Trinajstić information content (AvgIpc) is 2.69. The molecule has 2 fully saturated rings. The van der Waals surface area contributed by atoms with E-state index in [1.165, 1.54) is 0 Å². The van der Waals surface area contributed by atoms with Crippen LogP contribution in [-0.4, -0.2) is 45.7 Å². The van der Waals surface area contributed by atoms with E-state index < -0.39 is 29.9 Å². The van der Waals surface area contributed by atoms with Crippen LogP contribution in [0, 0.1) is 5.92 Å². The van der Waals surface area contributed by atoms with Crippen molar-refractivity contribution in [2.75, 3.05) is 11.5 Å². The highest BCUT2D eigenvalue weighted by Crippen LogP contribution is 2.49. The molecule has 0 aromatic heterocycles. The molecule has 1 spiro atoms. The zero-order chi connectivity index (χ0) is 16.6. The minimum Gasteiger partial charge on any atom is -0.541 e. The van der Waals surface area contributed by atoms with E-state index in [-0.39, 0.29) is 28.2 Å². The lowest BCUT2D eigenvalue weighted by atomic mass is 9.91. The monoisotopic (exact) mass is 344 g/mol. The summed E-state index contributed by atoms with van der Waals surface area (Å²) in [5.74, 6) is 0.177. The summed E-state index contributed by atoms with van der Waals surface area (Å²) in [7, 11) is -5.25. The normalized spacial score (nSPS) is 37.0. The van der Waals surface area contributed by atoms with E-state index in [2.05, 4.69) is 33.9 Å². The summed E-state index contributed by atoms with van der Waals surface area (Å²) >= 11 is 0.